The van der Waals surface area contributed by atoms with Crippen molar-refractivity contribution in [1.29, 1.82) is 0 Å². The standard InChI is InChI=1S/C14H11NO2/c1-9-5-6-13-12(7-9)15-14(17-13)10-3-2-4-11(16)8-10/h2-8,16H,1H3. The lowest BCUT2D eigenvalue weighted by molar-refractivity contribution is 0.475. The van der Waals surface area contributed by atoms with Gasteiger partial charge < -0.3 is 9.52 Å². The molecule has 0 aliphatic carbocycles. The minimum Gasteiger partial charge on any atom is -0.508 e. The number of nitrogens with zero attached hydrogens (tertiary/aromatic N) is 1. The van der Waals surface area contributed by atoms with Crippen LogP contribution in [0.25, 0.3) is 22.6 Å². The lowest BCUT2D eigenvalue weighted by Gasteiger charge is -1.95. The Labute approximate surface area is 98.3 Å². The lowest BCUT2D eigenvalue weighted by Crippen LogP contribution is -1.76. The molecule has 0 unspecified atom stereocenters. The molecule has 0 atom stereocenters. The zero-order chi connectivity index (χ0) is 11.8. The van der Waals surface area contributed by atoms with E-state index in [9.17, 15) is 5.11 Å². The van der Waals surface area contributed by atoms with Crippen molar-refractivity contribution in [3.05, 3.63) is 48.0 Å². The number of benzene rings is 2. The SMILES string of the molecule is Cc1ccc2oc(-c3cccc(O)c3)nc2c1. The van der Waals surface area contributed by atoms with E-state index in [1.165, 1.54) is 0 Å². The van der Waals surface area contributed by atoms with Crippen molar-refractivity contribution in [2.24, 2.45) is 0 Å². The molecule has 2 aromatic carbocycles. The van der Waals surface area contributed by atoms with Crippen LogP contribution in [0.5, 0.6) is 5.75 Å². The first kappa shape index (κ1) is 9.90. The zero-order valence-corrected chi connectivity index (χ0v) is 9.34. The predicted molar refractivity (Wildman–Crippen MR) is 65.8 cm³/mol. The largest absolute Gasteiger partial charge is 0.508 e. The van der Waals surface area contributed by atoms with E-state index < -0.39 is 0 Å². The number of phenols is 1. The quantitative estimate of drug-likeness (QED) is 0.689. The number of aromatic hydroxyl groups is 1. The molecule has 0 radical (unpaired) electrons. The van der Waals surface area contributed by atoms with Crippen LogP contribution in [-0.4, -0.2) is 10.1 Å². The minimum atomic E-state index is 0.209. The number of aryl methyl sites for hydroxylation is 1. The van der Waals surface area contributed by atoms with Gasteiger partial charge >= 0.3 is 0 Å². The molecular weight excluding hydrogens is 214 g/mol. The van der Waals surface area contributed by atoms with Crippen molar-refractivity contribution in [1.82, 2.24) is 4.98 Å². The van der Waals surface area contributed by atoms with Crippen LogP contribution in [0, 0.1) is 6.92 Å². The molecule has 1 aromatic heterocycles. The molecule has 3 heteroatoms. The van der Waals surface area contributed by atoms with Gasteiger partial charge in [0.1, 0.15) is 11.3 Å². The Hall–Kier alpha value is -2.29. The predicted octanol–water partition coefficient (Wildman–Crippen LogP) is 3.51. The molecule has 3 rings (SSSR count). The second-order valence-electron chi connectivity index (χ2n) is 4.04. The van der Waals surface area contributed by atoms with Gasteiger partial charge in [0.05, 0.1) is 0 Å². The highest BCUT2D eigenvalue weighted by molar-refractivity contribution is 5.77. The highest BCUT2D eigenvalue weighted by atomic mass is 16.3. The van der Waals surface area contributed by atoms with Crippen LogP contribution < -0.4 is 0 Å². The van der Waals surface area contributed by atoms with Gasteiger partial charge in [-0.15, -0.1) is 0 Å². The monoisotopic (exact) mass is 225 g/mol. The van der Waals surface area contributed by atoms with Crippen molar-refractivity contribution in [3.63, 3.8) is 0 Å². The van der Waals surface area contributed by atoms with Crippen LogP contribution in [-0.2, 0) is 0 Å². The lowest BCUT2D eigenvalue weighted by atomic mass is 10.2. The molecule has 17 heavy (non-hydrogen) atoms. The normalized spacial score (nSPS) is 10.9. The number of phenolic OH excluding ortho intramolecular Hbond substituents is 1. The number of hydrogen-bond donors (Lipinski definition) is 1. The van der Waals surface area contributed by atoms with E-state index in [1.54, 1.807) is 18.2 Å². The summed E-state index contributed by atoms with van der Waals surface area (Å²) in [7, 11) is 0. The molecule has 1 N–H and O–H groups in total. The van der Waals surface area contributed by atoms with Gasteiger partial charge in [-0.3, -0.25) is 0 Å². The van der Waals surface area contributed by atoms with Crippen LogP contribution in [0.15, 0.2) is 46.9 Å². The van der Waals surface area contributed by atoms with E-state index in [0.717, 1.165) is 22.2 Å². The molecule has 0 aliphatic rings. The summed E-state index contributed by atoms with van der Waals surface area (Å²) in [5, 5.41) is 9.42. The fourth-order valence-electron chi connectivity index (χ4n) is 1.80. The van der Waals surface area contributed by atoms with Gasteiger partial charge in [0.2, 0.25) is 5.89 Å². The third-order valence-electron chi connectivity index (χ3n) is 2.64. The summed E-state index contributed by atoms with van der Waals surface area (Å²) >= 11 is 0. The Kier molecular flexibility index (Phi) is 2.11. The number of aromatic nitrogens is 1. The molecular formula is C14H11NO2. The van der Waals surface area contributed by atoms with Crippen LogP contribution in [0.1, 0.15) is 5.56 Å². The average Bonchev–Trinajstić information content (AvgIpc) is 2.72. The molecule has 0 bridgehead atoms. The summed E-state index contributed by atoms with van der Waals surface area (Å²) in [6.45, 7) is 2.02. The smallest absolute Gasteiger partial charge is 0.227 e. The third kappa shape index (κ3) is 1.76. The van der Waals surface area contributed by atoms with Crippen molar-refractivity contribution in [2.75, 3.05) is 0 Å². The van der Waals surface area contributed by atoms with Gasteiger partial charge in [-0.25, -0.2) is 4.98 Å². The Morgan fingerprint density at radius 1 is 1.12 bits per heavy atom. The highest BCUT2D eigenvalue weighted by Gasteiger charge is 2.08. The van der Waals surface area contributed by atoms with E-state index in [2.05, 4.69) is 4.98 Å². The van der Waals surface area contributed by atoms with E-state index in [4.69, 9.17) is 4.42 Å². The molecule has 0 saturated carbocycles. The van der Waals surface area contributed by atoms with Gasteiger partial charge in [0.25, 0.3) is 0 Å². The molecule has 0 saturated heterocycles. The van der Waals surface area contributed by atoms with Crippen LogP contribution in [0.2, 0.25) is 0 Å². The maximum absolute atomic E-state index is 9.42. The summed E-state index contributed by atoms with van der Waals surface area (Å²) in [6, 6.07) is 12.8. The summed E-state index contributed by atoms with van der Waals surface area (Å²) < 4.78 is 5.64. The van der Waals surface area contributed by atoms with Crippen LogP contribution in [0.3, 0.4) is 0 Å². The first-order chi connectivity index (χ1) is 8.22. The Bertz CT molecular complexity index is 686. The Morgan fingerprint density at radius 3 is 2.82 bits per heavy atom. The molecule has 84 valence electrons. The summed E-state index contributed by atoms with van der Waals surface area (Å²) in [4.78, 5) is 4.41. The van der Waals surface area contributed by atoms with E-state index >= 15 is 0 Å². The Morgan fingerprint density at radius 2 is 2.00 bits per heavy atom. The highest BCUT2D eigenvalue weighted by Crippen LogP contribution is 2.26. The summed E-state index contributed by atoms with van der Waals surface area (Å²) in [6.07, 6.45) is 0. The van der Waals surface area contributed by atoms with Crippen molar-refractivity contribution in [3.8, 4) is 17.2 Å². The Balaban J connectivity index is 2.18. The third-order valence-corrected chi connectivity index (χ3v) is 2.64. The van der Waals surface area contributed by atoms with Gasteiger partial charge in [-0.05, 0) is 42.8 Å². The van der Waals surface area contributed by atoms with E-state index in [1.807, 2.05) is 31.2 Å². The molecule has 0 amide bonds. The molecule has 0 spiro atoms. The molecule has 0 fully saturated rings. The van der Waals surface area contributed by atoms with E-state index in [-0.39, 0.29) is 5.75 Å². The van der Waals surface area contributed by atoms with Crippen LogP contribution in [0.4, 0.5) is 0 Å². The van der Waals surface area contributed by atoms with Gasteiger partial charge in [0, 0.05) is 5.56 Å². The second kappa shape index (κ2) is 3.63. The average molecular weight is 225 g/mol. The minimum absolute atomic E-state index is 0.209. The zero-order valence-electron chi connectivity index (χ0n) is 9.34. The van der Waals surface area contributed by atoms with Crippen LogP contribution >= 0.6 is 0 Å². The molecule has 0 aliphatic heterocycles. The maximum Gasteiger partial charge on any atom is 0.227 e. The fourth-order valence-corrected chi connectivity index (χ4v) is 1.80. The van der Waals surface area contributed by atoms with E-state index in [0.29, 0.717) is 5.89 Å². The van der Waals surface area contributed by atoms with Gasteiger partial charge in [-0.1, -0.05) is 12.1 Å². The topological polar surface area (TPSA) is 46.3 Å². The number of hydrogen-bond acceptors (Lipinski definition) is 3. The first-order valence-corrected chi connectivity index (χ1v) is 5.39. The second-order valence-corrected chi connectivity index (χ2v) is 4.04. The fraction of sp³-hybridized carbons (Fsp3) is 0.0714. The van der Waals surface area contributed by atoms with Gasteiger partial charge in [0.15, 0.2) is 5.58 Å². The van der Waals surface area contributed by atoms with Crippen molar-refractivity contribution >= 4 is 11.1 Å². The summed E-state index contributed by atoms with van der Waals surface area (Å²) in [5.74, 6) is 0.738. The number of fused-ring (bicyclic) bond motifs is 1. The van der Waals surface area contributed by atoms with Crippen molar-refractivity contribution < 1.29 is 9.52 Å². The molecule has 1 heterocycles. The number of oxazole rings is 1. The van der Waals surface area contributed by atoms with Crippen molar-refractivity contribution in [2.45, 2.75) is 6.92 Å². The van der Waals surface area contributed by atoms with Gasteiger partial charge in [-0.2, -0.15) is 0 Å². The molecule has 3 nitrogen and oxygen atoms in total. The molecule has 3 aromatic rings. The summed E-state index contributed by atoms with van der Waals surface area (Å²) in [5.41, 5.74) is 3.52. The number of rotatable bonds is 1. The first-order valence-electron chi connectivity index (χ1n) is 5.39. The maximum atomic E-state index is 9.42.